The summed E-state index contributed by atoms with van der Waals surface area (Å²) in [6, 6.07) is 0. The molecule has 0 aromatic carbocycles. The number of piperidine rings is 1. The van der Waals surface area contributed by atoms with Gasteiger partial charge in [-0.1, -0.05) is 13.3 Å². The molecular weight excluding hydrogens is 240 g/mol. The first-order chi connectivity index (χ1) is 9.28. The molecule has 19 heavy (non-hydrogen) atoms. The Bertz CT molecular complexity index is 288. The van der Waals surface area contributed by atoms with Crippen molar-refractivity contribution in [2.75, 3.05) is 32.8 Å². The molecule has 2 N–H and O–H groups in total. The molecule has 0 aromatic rings. The monoisotopic (exact) mass is 268 g/mol. The molecule has 110 valence electrons. The van der Waals surface area contributed by atoms with E-state index < -0.39 is 0 Å². The predicted octanol–water partition coefficient (Wildman–Crippen LogP) is 1.70. The van der Waals surface area contributed by atoms with Gasteiger partial charge in [-0.3, -0.25) is 4.79 Å². The Morgan fingerprint density at radius 3 is 2.79 bits per heavy atom. The Hall–Kier alpha value is -0.610. The van der Waals surface area contributed by atoms with Gasteiger partial charge in [-0.25, -0.2) is 0 Å². The zero-order valence-corrected chi connectivity index (χ0v) is 12.2. The Morgan fingerprint density at radius 2 is 2.05 bits per heavy atom. The third-order valence-corrected chi connectivity index (χ3v) is 4.51. The lowest BCUT2D eigenvalue weighted by Gasteiger charge is -2.23. The van der Waals surface area contributed by atoms with Gasteiger partial charge in [0.1, 0.15) is 0 Å². The van der Waals surface area contributed by atoms with Crippen molar-refractivity contribution >= 4 is 5.91 Å². The van der Waals surface area contributed by atoms with E-state index >= 15 is 0 Å². The van der Waals surface area contributed by atoms with Gasteiger partial charge in [-0.2, -0.15) is 0 Å². The zero-order chi connectivity index (χ0) is 13.6. The summed E-state index contributed by atoms with van der Waals surface area (Å²) in [6.45, 7) is 6.69. The molecule has 2 aliphatic rings. The molecule has 1 unspecified atom stereocenters. The smallest absolute Gasteiger partial charge is 0.223 e. The molecule has 1 saturated heterocycles. The van der Waals surface area contributed by atoms with Crippen molar-refractivity contribution in [2.24, 2.45) is 11.3 Å². The van der Waals surface area contributed by atoms with E-state index in [1.807, 2.05) is 0 Å². The average molecular weight is 268 g/mol. The number of rotatable bonds is 8. The number of amides is 1. The van der Waals surface area contributed by atoms with Crippen LogP contribution >= 0.6 is 0 Å². The molecule has 0 bridgehead atoms. The number of carbonyl (C=O) groups excluding carboxylic acids is 1. The van der Waals surface area contributed by atoms with E-state index in [4.69, 9.17) is 4.74 Å². The molecule has 1 aliphatic heterocycles. The second-order valence-corrected chi connectivity index (χ2v) is 5.98. The maximum Gasteiger partial charge on any atom is 0.223 e. The second kappa shape index (κ2) is 7.25. The van der Waals surface area contributed by atoms with Crippen LogP contribution in [-0.4, -0.2) is 38.8 Å². The topological polar surface area (TPSA) is 50.4 Å². The van der Waals surface area contributed by atoms with Crippen LogP contribution in [0.15, 0.2) is 0 Å². The van der Waals surface area contributed by atoms with E-state index in [1.165, 1.54) is 19.3 Å². The molecule has 2 fully saturated rings. The Balaban J connectivity index is 1.51. The van der Waals surface area contributed by atoms with Gasteiger partial charge in [-0.15, -0.1) is 0 Å². The van der Waals surface area contributed by atoms with Crippen molar-refractivity contribution in [1.82, 2.24) is 10.6 Å². The molecular formula is C15H28N2O2. The van der Waals surface area contributed by atoms with Crippen molar-refractivity contribution in [3.63, 3.8) is 0 Å². The van der Waals surface area contributed by atoms with E-state index in [9.17, 15) is 4.79 Å². The van der Waals surface area contributed by atoms with Crippen LogP contribution in [0.2, 0.25) is 0 Å². The summed E-state index contributed by atoms with van der Waals surface area (Å²) in [5, 5.41) is 6.44. The molecule has 0 radical (unpaired) electrons. The van der Waals surface area contributed by atoms with Gasteiger partial charge in [0.15, 0.2) is 0 Å². The van der Waals surface area contributed by atoms with Crippen molar-refractivity contribution in [3.8, 4) is 0 Å². The summed E-state index contributed by atoms with van der Waals surface area (Å²) >= 11 is 0. The van der Waals surface area contributed by atoms with Crippen molar-refractivity contribution in [3.05, 3.63) is 0 Å². The molecule has 2 rings (SSSR count). The standard InChI is InChI=1S/C15H28N2O2/c1-2-3-10-19-11-4-7-17-14(18)13-12-15(13)5-8-16-9-6-15/h13,16H,2-12H2,1H3,(H,17,18). The maximum absolute atomic E-state index is 12.0. The minimum atomic E-state index is 0.274. The van der Waals surface area contributed by atoms with Gasteiger partial charge in [0.25, 0.3) is 0 Å². The lowest BCUT2D eigenvalue weighted by molar-refractivity contribution is -0.123. The van der Waals surface area contributed by atoms with Crippen LogP contribution in [0.1, 0.15) is 45.4 Å². The van der Waals surface area contributed by atoms with Gasteiger partial charge < -0.3 is 15.4 Å². The Morgan fingerprint density at radius 1 is 1.32 bits per heavy atom. The van der Waals surface area contributed by atoms with Crippen molar-refractivity contribution in [2.45, 2.75) is 45.4 Å². The highest BCUT2D eigenvalue weighted by atomic mass is 16.5. The fourth-order valence-electron chi connectivity index (χ4n) is 3.05. The molecule has 1 amide bonds. The summed E-state index contributed by atoms with van der Waals surface area (Å²) in [5.74, 6) is 0.561. The Kier molecular flexibility index (Phi) is 5.64. The first kappa shape index (κ1) is 14.8. The molecule has 0 aromatic heterocycles. The number of hydrogen-bond acceptors (Lipinski definition) is 3. The van der Waals surface area contributed by atoms with Crippen molar-refractivity contribution < 1.29 is 9.53 Å². The highest BCUT2D eigenvalue weighted by Gasteiger charge is 2.57. The number of carbonyl (C=O) groups is 1. The summed E-state index contributed by atoms with van der Waals surface area (Å²) in [5.41, 5.74) is 0.354. The third kappa shape index (κ3) is 4.18. The normalized spacial score (nSPS) is 24.4. The van der Waals surface area contributed by atoms with Crippen molar-refractivity contribution in [1.29, 1.82) is 0 Å². The molecule has 4 heteroatoms. The van der Waals surface area contributed by atoms with E-state index in [0.29, 0.717) is 5.41 Å². The largest absolute Gasteiger partial charge is 0.381 e. The van der Waals surface area contributed by atoms with Crippen LogP contribution < -0.4 is 10.6 Å². The first-order valence-corrected chi connectivity index (χ1v) is 7.85. The summed E-state index contributed by atoms with van der Waals surface area (Å²) < 4.78 is 5.48. The van der Waals surface area contributed by atoms with E-state index in [1.54, 1.807) is 0 Å². The molecule has 1 aliphatic carbocycles. The fraction of sp³-hybridized carbons (Fsp3) is 0.933. The predicted molar refractivity (Wildman–Crippen MR) is 76.0 cm³/mol. The number of hydrogen-bond donors (Lipinski definition) is 2. The molecule has 1 atom stereocenters. The number of ether oxygens (including phenoxy) is 1. The summed E-state index contributed by atoms with van der Waals surface area (Å²) in [6.07, 6.45) is 6.68. The maximum atomic E-state index is 12.0. The quantitative estimate of drug-likeness (QED) is 0.659. The number of unbranched alkanes of at least 4 members (excludes halogenated alkanes) is 1. The lowest BCUT2D eigenvalue weighted by atomic mass is 9.92. The highest BCUT2D eigenvalue weighted by Crippen LogP contribution is 2.58. The van der Waals surface area contributed by atoms with Gasteiger partial charge in [0.05, 0.1) is 0 Å². The lowest BCUT2D eigenvalue weighted by Crippen LogP contribution is -2.34. The highest BCUT2D eigenvalue weighted by molar-refractivity contribution is 5.82. The molecule has 1 spiro atoms. The summed E-state index contributed by atoms with van der Waals surface area (Å²) in [4.78, 5) is 12.0. The zero-order valence-electron chi connectivity index (χ0n) is 12.2. The summed E-state index contributed by atoms with van der Waals surface area (Å²) in [7, 11) is 0. The molecule has 1 heterocycles. The SMILES string of the molecule is CCCCOCCCNC(=O)C1CC12CCNCC2. The minimum absolute atomic E-state index is 0.274. The van der Waals surface area contributed by atoms with E-state index in [2.05, 4.69) is 17.6 Å². The number of nitrogens with one attached hydrogen (secondary N) is 2. The van der Waals surface area contributed by atoms with E-state index in [0.717, 1.165) is 52.1 Å². The Labute approximate surface area is 116 Å². The van der Waals surface area contributed by atoms with Crippen LogP contribution in [0.4, 0.5) is 0 Å². The minimum Gasteiger partial charge on any atom is -0.381 e. The van der Waals surface area contributed by atoms with Gasteiger partial charge in [0, 0.05) is 25.7 Å². The average Bonchev–Trinajstić information content (AvgIpc) is 3.12. The molecule has 4 nitrogen and oxygen atoms in total. The van der Waals surface area contributed by atoms with E-state index in [-0.39, 0.29) is 11.8 Å². The van der Waals surface area contributed by atoms with Gasteiger partial charge in [0.2, 0.25) is 5.91 Å². The second-order valence-electron chi connectivity index (χ2n) is 5.98. The van der Waals surface area contributed by atoms with Gasteiger partial charge >= 0.3 is 0 Å². The fourth-order valence-corrected chi connectivity index (χ4v) is 3.05. The molecule has 1 saturated carbocycles. The van der Waals surface area contributed by atoms with Crippen LogP contribution in [0.5, 0.6) is 0 Å². The van der Waals surface area contributed by atoms with Crippen LogP contribution in [0, 0.1) is 11.3 Å². The van der Waals surface area contributed by atoms with Gasteiger partial charge in [-0.05, 0) is 50.6 Å². The first-order valence-electron chi connectivity index (χ1n) is 7.85. The third-order valence-electron chi connectivity index (χ3n) is 4.51. The van der Waals surface area contributed by atoms with Crippen LogP contribution in [-0.2, 0) is 9.53 Å². The van der Waals surface area contributed by atoms with Crippen LogP contribution in [0.25, 0.3) is 0 Å². The van der Waals surface area contributed by atoms with Crippen LogP contribution in [0.3, 0.4) is 0 Å².